The summed E-state index contributed by atoms with van der Waals surface area (Å²) in [5.74, 6) is 0.363. The lowest BCUT2D eigenvalue weighted by atomic mass is 10.1. The predicted octanol–water partition coefficient (Wildman–Crippen LogP) is 0.347. The van der Waals surface area contributed by atoms with E-state index in [1.54, 1.807) is 18.5 Å². The molecule has 2 N–H and O–H groups in total. The summed E-state index contributed by atoms with van der Waals surface area (Å²) in [6.07, 6.45) is 3.38. The average molecular weight is 358 g/mol. The van der Waals surface area contributed by atoms with Crippen molar-refractivity contribution in [3.63, 3.8) is 0 Å². The second-order valence-corrected chi connectivity index (χ2v) is 6.37. The van der Waals surface area contributed by atoms with Crippen LogP contribution in [0.4, 0.5) is 0 Å². The third-order valence-electron chi connectivity index (χ3n) is 4.24. The van der Waals surface area contributed by atoms with Crippen molar-refractivity contribution in [2.24, 2.45) is 0 Å². The van der Waals surface area contributed by atoms with Gasteiger partial charge in [-0.15, -0.1) is 0 Å². The third kappa shape index (κ3) is 4.23. The zero-order chi connectivity index (χ0) is 18.5. The van der Waals surface area contributed by atoms with Crippen LogP contribution >= 0.6 is 0 Å². The van der Waals surface area contributed by atoms with E-state index in [1.807, 2.05) is 24.8 Å². The second kappa shape index (κ2) is 8.05. The van der Waals surface area contributed by atoms with Gasteiger partial charge in [-0.2, -0.15) is 4.98 Å². The molecule has 2 amide bonds. The Morgan fingerprint density at radius 1 is 1.50 bits per heavy atom. The van der Waals surface area contributed by atoms with Crippen molar-refractivity contribution < 1.29 is 14.1 Å². The SMILES string of the molecule is CC(C)N1CCNC(=O)C1CC(=O)NCc1nc(-c2cccnc2)no1. The molecular weight excluding hydrogens is 336 g/mol. The molecule has 9 nitrogen and oxygen atoms in total. The number of carbonyl (C=O) groups excluding carboxylic acids is 2. The highest BCUT2D eigenvalue weighted by atomic mass is 16.5. The van der Waals surface area contributed by atoms with Gasteiger partial charge in [0.25, 0.3) is 0 Å². The van der Waals surface area contributed by atoms with Gasteiger partial charge in [-0.3, -0.25) is 19.5 Å². The molecule has 1 saturated heterocycles. The molecule has 0 bridgehead atoms. The third-order valence-corrected chi connectivity index (χ3v) is 4.24. The van der Waals surface area contributed by atoms with Gasteiger partial charge < -0.3 is 15.2 Å². The lowest BCUT2D eigenvalue weighted by Crippen LogP contribution is -2.58. The largest absolute Gasteiger partial charge is 0.353 e. The molecule has 1 atom stereocenters. The predicted molar refractivity (Wildman–Crippen MR) is 92.6 cm³/mol. The fraction of sp³-hybridized carbons (Fsp3) is 0.471. The van der Waals surface area contributed by atoms with Gasteiger partial charge >= 0.3 is 0 Å². The fourth-order valence-corrected chi connectivity index (χ4v) is 2.92. The molecule has 2 aromatic rings. The van der Waals surface area contributed by atoms with Crippen LogP contribution in [0.3, 0.4) is 0 Å². The van der Waals surface area contributed by atoms with E-state index in [4.69, 9.17) is 4.52 Å². The van der Waals surface area contributed by atoms with E-state index in [2.05, 4.69) is 25.8 Å². The topological polar surface area (TPSA) is 113 Å². The first kappa shape index (κ1) is 18.0. The summed E-state index contributed by atoms with van der Waals surface area (Å²) in [6, 6.07) is 3.33. The van der Waals surface area contributed by atoms with Crippen LogP contribution in [-0.4, -0.2) is 57.0 Å². The van der Waals surface area contributed by atoms with Gasteiger partial charge in [0.2, 0.25) is 23.5 Å². The summed E-state index contributed by atoms with van der Waals surface area (Å²) >= 11 is 0. The average Bonchev–Trinajstić information content (AvgIpc) is 3.11. The van der Waals surface area contributed by atoms with Crippen molar-refractivity contribution in [2.45, 2.75) is 38.9 Å². The van der Waals surface area contributed by atoms with Crippen molar-refractivity contribution in [2.75, 3.05) is 13.1 Å². The molecule has 138 valence electrons. The molecule has 0 spiro atoms. The maximum Gasteiger partial charge on any atom is 0.246 e. The van der Waals surface area contributed by atoms with Crippen molar-refractivity contribution in [3.8, 4) is 11.4 Å². The first-order valence-corrected chi connectivity index (χ1v) is 8.57. The van der Waals surface area contributed by atoms with E-state index < -0.39 is 6.04 Å². The van der Waals surface area contributed by atoms with E-state index in [0.717, 1.165) is 12.1 Å². The highest BCUT2D eigenvalue weighted by Crippen LogP contribution is 2.14. The Bertz CT molecular complexity index is 761. The standard InChI is InChI=1S/C17H22N6O3/c1-11(2)23-7-6-19-17(25)13(23)8-14(24)20-10-15-21-16(22-26-15)12-4-3-5-18-9-12/h3-5,9,11,13H,6-8,10H2,1-2H3,(H,19,25)(H,20,24). The Labute approximate surface area is 151 Å². The summed E-state index contributed by atoms with van der Waals surface area (Å²) < 4.78 is 5.15. The minimum absolute atomic E-state index is 0.0909. The quantitative estimate of drug-likeness (QED) is 0.766. The maximum absolute atomic E-state index is 12.3. The summed E-state index contributed by atoms with van der Waals surface area (Å²) in [7, 11) is 0. The number of pyridine rings is 1. The van der Waals surface area contributed by atoms with Crippen LogP contribution in [-0.2, 0) is 16.1 Å². The molecule has 3 heterocycles. The van der Waals surface area contributed by atoms with Crippen molar-refractivity contribution in [1.82, 2.24) is 30.7 Å². The zero-order valence-corrected chi connectivity index (χ0v) is 14.8. The fourth-order valence-electron chi connectivity index (χ4n) is 2.92. The van der Waals surface area contributed by atoms with Crippen LogP contribution in [0.15, 0.2) is 29.0 Å². The van der Waals surface area contributed by atoms with Gasteiger partial charge in [0, 0.05) is 37.1 Å². The van der Waals surface area contributed by atoms with Crippen LogP contribution in [0.25, 0.3) is 11.4 Å². The molecule has 0 aliphatic carbocycles. The number of nitrogens with zero attached hydrogens (tertiary/aromatic N) is 4. The molecule has 0 aromatic carbocycles. The summed E-state index contributed by atoms with van der Waals surface area (Å²) in [5, 5.41) is 9.42. The lowest BCUT2D eigenvalue weighted by Gasteiger charge is -2.37. The molecule has 1 unspecified atom stereocenters. The molecule has 26 heavy (non-hydrogen) atoms. The van der Waals surface area contributed by atoms with Crippen molar-refractivity contribution >= 4 is 11.8 Å². The molecule has 1 aliphatic rings. The number of piperazine rings is 1. The number of carbonyl (C=O) groups is 2. The van der Waals surface area contributed by atoms with E-state index in [0.29, 0.717) is 18.3 Å². The number of hydrogen-bond acceptors (Lipinski definition) is 7. The molecule has 1 aliphatic heterocycles. The first-order valence-electron chi connectivity index (χ1n) is 8.57. The van der Waals surface area contributed by atoms with Gasteiger partial charge in [-0.05, 0) is 26.0 Å². The Kier molecular flexibility index (Phi) is 5.57. The van der Waals surface area contributed by atoms with Crippen LogP contribution in [0.1, 0.15) is 26.2 Å². The summed E-state index contributed by atoms with van der Waals surface area (Å²) in [4.78, 5) is 34.6. The van der Waals surface area contributed by atoms with Crippen LogP contribution in [0.2, 0.25) is 0 Å². The van der Waals surface area contributed by atoms with Crippen LogP contribution in [0, 0.1) is 0 Å². The Balaban J connectivity index is 1.55. The minimum atomic E-state index is -0.461. The maximum atomic E-state index is 12.3. The molecule has 1 fully saturated rings. The minimum Gasteiger partial charge on any atom is -0.353 e. The molecular formula is C17H22N6O3. The van der Waals surface area contributed by atoms with Crippen LogP contribution in [0.5, 0.6) is 0 Å². The molecule has 3 rings (SSSR count). The second-order valence-electron chi connectivity index (χ2n) is 6.37. The van der Waals surface area contributed by atoms with E-state index in [-0.39, 0.29) is 30.8 Å². The Hall–Kier alpha value is -2.81. The summed E-state index contributed by atoms with van der Waals surface area (Å²) in [6.45, 7) is 5.49. The Morgan fingerprint density at radius 3 is 3.08 bits per heavy atom. The number of amides is 2. The number of hydrogen-bond donors (Lipinski definition) is 2. The van der Waals surface area contributed by atoms with Gasteiger partial charge in [-0.1, -0.05) is 5.16 Å². The smallest absolute Gasteiger partial charge is 0.246 e. The van der Waals surface area contributed by atoms with E-state index in [1.165, 1.54) is 0 Å². The van der Waals surface area contributed by atoms with Crippen molar-refractivity contribution in [3.05, 3.63) is 30.4 Å². The van der Waals surface area contributed by atoms with Gasteiger partial charge in [0.15, 0.2) is 0 Å². The lowest BCUT2D eigenvalue weighted by molar-refractivity contribution is -0.134. The Morgan fingerprint density at radius 2 is 2.35 bits per heavy atom. The highest BCUT2D eigenvalue weighted by Gasteiger charge is 2.32. The number of aromatic nitrogens is 3. The molecule has 0 saturated carbocycles. The van der Waals surface area contributed by atoms with Gasteiger partial charge in [-0.25, -0.2) is 0 Å². The number of nitrogens with one attached hydrogen (secondary N) is 2. The van der Waals surface area contributed by atoms with Crippen molar-refractivity contribution in [1.29, 1.82) is 0 Å². The van der Waals surface area contributed by atoms with Gasteiger partial charge in [0.05, 0.1) is 19.0 Å². The van der Waals surface area contributed by atoms with Gasteiger partial charge in [0.1, 0.15) is 0 Å². The highest BCUT2D eigenvalue weighted by molar-refractivity contribution is 5.88. The van der Waals surface area contributed by atoms with E-state index in [9.17, 15) is 9.59 Å². The summed E-state index contributed by atoms with van der Waals surface area (Å²) in [5.41, 5.74) is 0.736. The first-order chi connectivity index (χ1) is 12.5. The van der Waals surface area contributed by atoms with E-state index >= 15 is 0 Å². The molecule has 9 heteroatoms. The number of rotatable bonds is 6. The molecule has 0 radical (unpaired) electrons. The van der Waals surface area contributed by atoms with Crippen LogP contribution < -0.4 is 10.6 Å². The monoisotopic (exact) mass is 358 g/mol. The molecule has 2 aromatic heterocycles. The normalized spacial score (nSPS) is 18.0. The zero-order valence-electron chi connectivity index (χ0n) is 14.8.